The van der Waals surface area contributed by atoms with Gasteiger partial charge in [0, 0.05) is 5.02 Å². The second kappa shape index (κ2) is 7.27. The van der Waals surface area contributed by atoms with Gasteiger partial charge in [0.2, 0.25) is 0 Å². The molecule has 4 aliphatic carbocycles. The second-order valence-electron chi connectivity index (χ2n) is 12.5. The summed E-state index contributed by atoms with van der Waals surface area (Å²) >= 11 is 6.63. The summed E-state index contributed by atoms with van der Waals surface area (Å²) in [6.45, 7) is 0. The van der Waals surface area contributed by atoms with Crippen molar-refractivity contribution >= 4 is 65.5 Å². The van der Waals surface area contributed by atoms with Crippen molar-refractivity contribution in [2.24, 2.45) is 17.8 Å². The molecule has 0 spiro atoms. The summed E-state index contributed by atoms with van der Waals surface area (Å²) in [5, 5.41) is 14.3. The Morgan fingerprint density at radius 1 is 0.486 bits per heavy atom. The van der Waals surface area contributed by atoms with Gasteiger partial charge in [-0.05, 0) is 139 Å². The number of rotatable bonds is 1. The van der Waals surface area contributed by atoms with Gasteiger partial charge in [0.25, 0.3) is 0 Å². The SMILES string of the molecule is Clc1ccc2c(c1)c1ccc(C34CC5CC(CC(C5)C3)C4)cc1c1c3ccccc3c3ccccc3c21. The largest absolute Gasteiger partial charge is 0.0843 e. The van der Waals surface area contributed by atoms with Crippen LogP contribution in [0.2, 0.25) is 5.02 Å². The van der Waals surface area contributed by atoms with Crippen molar-refractivity contribution in [2.75, 3.05) is 0 Å². The van der Waals surface area contributed by atoms with E-state index in [-0.39, 0.29) is 0 Å². The van der Waals surface area contributed by atoms with E-state index in [1.165, 1.54) is 92.4 Å². The summed E-state index contributed by atoms with van der Waals surface area (Å²) in [6.07, 6.45) is 8.63. The molecule has 37 heavy (non-hydrogen) atoms. The lowest BCUT2D eigenvalue weighted by atomic mass is 9.48. The van der Waals surface area contributed by atoms with E-state index in [1.807, 2.05) is 0 Å². The smallest absolute Gasteiger partial charge is 0.0412 e. The highest BCUT2D eigenvalue weighted by molar-refractivity contribution is 6.40. The minimum atomic E-state index is 0.380. The van der Waals surface area contributed by atoms with Crippen molar-refractivity contribution in [3.05, 3.63) is 95.5 Å². The molecule has 4 fully saturated rings. The fourth-order valence-electron chi connectivity index (χ4n) is 9.44. The molecule has 0 amide bonds. The minimum absolute atomic E-state index is 0.380. The van der Waals surface area contributed by atoms with Gasteiger partial charge in [0.05, 0.1) is 0 Å². The Bertz CT molecular complexity index is 1890. The summed E-state index contributed by atoms with van der Waals surface area (Å²) in [5.41, 5.74) is 1.98. The molecule has 0 atom stereocenters. The third kappa shape index (κ3) is 2.80. The molecule has 0 radical (unpaired) electrons. The van der Waals surface area contributed by atoms with Gasteiger partial charge in [0.1, 0.15) is 0 Å². The topological polar surface area (TPSA) is 0 Å². The summed E-state index contributed by atoms with van der Waals surface area (Å²) in [6, 6.07) is 32.0. The van der Waals surface area contributed by atoms with Crippen molar-refractivity contribution < 1.29 is 0 Å². The third-order valence-corrected chi connectivity index (χ3v) is 10.6. The fourth-order valence-corrected chi connectivity index (χ4v) is 9.61. The van der Waals surface area contributed by atoms with Crippen LogP contribution in [0.1, 0.15) is 44.1 Å². The third-order valence-electron chi connectivity index (χ3n) is 10.4. The molecule has 0 nitrogen and oxygen atoms in total. The standard InChI is InChI=1S/C36H29Cl/c37-25-10-12-31-32(17-25)28-11-9-24(36-18-21-13-22(19-36)15-23(14-21)20-36)16-33(28)35-30-8-4-2-6-27(30)26-5-1-3-7-29(26)34(31)35/h1-12,16-17,21-23H,13-15,18-20H2. The molecule has 0 N–H and O–H groups in total. The predicted molar refractivity (Wildman–Crippen MR) is 159 cm³/mol. The average molecular weight is 497 g/mol. The molecule has 1 heteroatoms. The zero-order chi connectivity index (χ0) is 24.3. The summed E-state index contributed by atoms with van der Waals surface area (Å²) < 4.78 is 0. The van der Waals surface area contributed by atoms with Crippen molar-refractivity contribution in [3.63, 3.8) is 0 Å². The zero-order valence-corrected chi connectivity index (χ0v) is 21.7. The van der Waals surface area contributed by atoms with Gasteiger partial charge in [0.15, 0.2) is 0 Å². The minimum Gasteiger partial charge on any atom is -0.0843 e. The quantitative estimate of drug-likeness (QED) is 0.198. The Kier molecular flexibility index (Phi) is 4.11. The molecule has 0 heterocycles. The van der Waals surface area contributed by atoms with Gasteiger partial charge in [-0.25, -0.2) is 0 Å². The lowest BCUT2D eigenvalue weighted by molar-refractivity contribution is -0.00512. The highest BCUT2D eigenvalue weighted by atomic mass is 35.5. The first-order valence-electron chi connectivity index (χ1n) is 14.1. The Morgan fingerprint density at radius 2 is 0.973 bits per heavy atom. The van der Waals surface area contributed by atoms with E-state index < -0.39 is 0 Å². The number of hydrogen-bond acceptors (Lipinski definition) is 0. The van der Waals surface area contributed by atoms with Crippen molar-refractivity contribution in [1.29, 1.82) is 0 Å². The predicted octanol–water partition coefficient (Wildman–Crippen LogP) is 10.6. The number of fused-ring (bicyclic) bond motifs is 11. The van der Waals surface area contributed by atoms with Gasteiger partial charge in [-0.3, -0.25) is 0 Å². The lowest BCUT2D eigenvalue weighted by Gasteiger charge is -2.57. The van der Waals surface area contributed by atoms with Crippen LogP contribution in [0.3, 0.4) is 0 Å². The molecular formula is C36H29Cl. The van der Waals surface area contributed by atoms with E-state index in [4.69, 9.17) is 11.6 Å². The molecule has 180 valence electrons. The van der Waals surface area contributed by atoms with Crippen LogP contribution < -0.4 is 0 Å². The molecule has 10 rings (SSSR count). The monoisotopic (exact) mass is 496 g/mol. The van der Waals surface area contributed by atoms with Gasteiger partial charge in [-0.15, -0.1) is 0 Å². The van der Waals surface area contributed by atoms with Crippen LogP contribution in [0, 0.1) is 17.8 Å². The van der Waals surface area contributed by atoms with E-state index >= 15 is 0 Å². The normalized spacial score (nSPS) is 26.8. The number of hydrogen-bond donors (Lipinski definition) is 0. The van der Waals surface area contributed by atoms with Crippen LogP contribution in [-0.2, 0) is 5.41 Å². The first kappa shape index (κ1) is 20.9. The Morgan fingerprint density at radius 3 is 1.59 bits per heavy atom. The van der Waals surface area contributed by atoms with E-state index in [9.17, 15) is 0 Å². The molecule has 0 aliphatic heterocycles. The van der Waals surface area contributed by atoms with Crippen LogP contribution in [0.25, 0.3) is 53.9 Å². The van der Waals surface area contributed by atoms with Crippen LogP contribution in [0.5, 0.6) is 0 Å². The van der Waals surface area contributed by atoms with Crippen molar-refractivity contribution in [1.82, 2.24) is 0 Å². The van der Waals surface area contributed by atoms with Crippen LogP contribution >= 0.6 is 11.6 Å². The van der Waals surface area contributed by atoms with E-state index in [2.05, 4.69) is 84.9 Å². The maximum atomic E-state index is 6.63. The Hall–Kier alpha value is -3.09. The van der Waals surface area contributed by atoms with E-state index in [0.29, 0.717) is 5.41 Å². The van der Waals surface area contributed by atoms with Crippen molar-refractivity contribution in [3.8, 4) is 0 Å². The zero-order valence-electron chi connectivity index (χ0n) is 20.9. The van der Waals surface area contributed by atoms with Crippen LogP contribution in [0.4, 0.5) is 0 Å². The summed E-state index contributed by atoms with van der Waals surface area (Å²) in [4.78, 5) is 0. The number of halogens is 1. The van der Waals surface area contributed by atoms with Gasteiger partial charge < -0.3 is 0 Å². The molecule has 0 saturated heterocycles. The van der Waals surface area contributed by atoms with Crippen LogP contribution in [-0.4, -0.2) is 0 Å². The van der Waals surface area contributed by atoms with Crippen molar-refractivity contribution in [2.45, 2.75) is 43.9 Å². The highest BCUT2D eigenvalue weighted by Gasteiger charge is 2.51. The van der Waals surface area contributed by atoms with Gasteiger partial charge in [-0.2, -0.15) is 0 Å². The summed E-state index contributed by atoms with van der Waals surface area (Å²) in [5.74, 6) is 2.83. The average Bonchev–Trinajstić information content (AvgIpc) is 2.92. The second-order valence-corrected chi connectivity index (χ2v) is 12.9. The first-order valence-corrected chi connectivity index (χ1v) is 14.4. The molecular weight excluding hydrogens is 468 g/mol. The Labute approximate surface area is 222 Å². The van der Waals surface area contributed by atoms with Gasteiger partial charge in [-0.1, -0.05) is 78.3 Å². The molecule has 4 aliphatic rings. The van der Waals surface area contributed by atoms with E-state index in [0.717, 1.165) is 22.8 Å². The highest BCUT2D eigenvalue weighted by Crippen LogP contribution is 2.61. The summed E-state index contributed by atoms with van der Waals surface area (Å²) in [7, 11) is 0. The molecule has 6 aromatic rings. The first-order chi connectivity index (χ1) is 18.2. The fraction of sp³-hybridized carbons (Fsp3) is 0.278. The Balaban J connectivity index is 1.48. The molecule has 0 unspecified atom stereocenters. The number of benzene rings is 6. The molecule has 4 saturated carbocycles. The maximum absolute atomic E-state index is 6.63. The molecule has 6 aromatic carbocycles. The van der Waals surface area contributed by atoms with Gasteiger partial charge >= 0.3 is 0 Å². The van der Waals surface area contributed by atoms with E-state index in [1.54, 1.807) is 5.56 Å². The van der Waals surface area contributed by atoms with Crippen LogP contribution in [0.15, 0.2) is 84.9 Å². The molecule has 4 bridgehead atoms. The molecule has 0 aromatic heterocycles. The lowest BCUT2D eigenvalue weighted by Crippen LogP contribution is -2.48. The maximum Gasteiger partial charge on any atom is 0.0412 e.